The Hall–Kier alpha value is -1.13. The van der Waals surface area contributed by atoms with Crippen molar-refractivity contribution in [3.8, 4) is 5.75 Å². The molecule has 0 spiro atoms. The Balaban J connectivity index is 2.62. The van der Waals surface area contributed by atoms with E-state index in [2.05, 4.69) is 0 Å². The zero-order valence-corrected chi connectivity index (χ0v) is 9.59. The van der Waals surface area contributed by atoms with Crippen LogP contribution in [0.25, 0.3) is 0 Å². The van der Waals surface area contributed by atoms with Gasteiger partial charge in [0.15, 0.2) is 0 Å². The number of methoxy groups -OCH3 is 1. The summed E-state index contributed by atoms with van der Waals surface area (Å²) in [5.41, 5.74) is 12.0. The maximum absolute atomic E-state index is 5.83. The van der Waals surface area contributed by atoms with E-state index in [4.69, 9.17) is 16.2 Å². The van der Waals surface area contributed by atoms with Crippen molar-refractivity contribution >= 4 is 17.4 Å². The molecule has 15 heavy (non-hydrogen) atoms. The predicted octanol–water partition coefficient (Wildman–Crippen LogP) is 1.88. The number of nitrogen functional groups attached to an aromatic ring is 1. The minimum atomic E-state index is 0.578. The zero-order valence-electron chi connectivity index (χ0n) is 8.77. The lowest BCUT2D eigenvalue weighted by molar-refractivity contribution is 0.414. The molecule has 1 rings (SSSR count). The molecular formula is C11H16N2OS. The van der Waals surface area contributed by atoms with Crippen molar-refractivity contribution in [1.82, 2.24) is 0 Å². The van der Waals surface area contributed by atoms with Crippen molar-refractivity contribution in [3.05, 3.63) is 30.4 Å². The van der Waals surface area contributed by atoms with Crippen molar-refractivity contribution in [2.24, 2.45) is 5.73 Å². The molecule has 0 saturated heterocycles. The summed E-state index contributed by atoms with van der Waals surface area (Å²) in [6.45, 7) is 0.578. The normalized spacial score (nSPS) is 10.8. The van der Waals surface area contributed by atoms with Gasteiger partial charge < -0.3 is 16.2 Å². The van der Waals surface area contributed by atoms with Crippen molar-refractivity contribution in [1.29, 1.82) is 0 Å². The molecule has 0 radical (unpaired) electrons. The zero-order chi connectivity index (χ0) is 11.1. The fourth-order valence-electron chi connectivity index (χ4n) is 1.07. The van der Waals surface area contributed by atoms with Gasteiger partial charge in [0.05, 0.1) is 7.11 Å². The van der Waals surface area contributed by atoms with Crippen LogP contribution in [-0.4, -0.2) is 19.4 Å². The summed E-state index contributed by atoms with van der Waals surface area (Å²) in [4.78, 5) is 1.04. The van der Waals surface area contributed by atoms with E-state index in [1.165, 1.54) is 0 Å². The van der Waals surface area contributed by atoms with E-state index in [-0.39, 0.29) is 0 Å². The largest absolute Gasteiger partial charge is 0.497 e. The van der Waals surface area contributed by atoms with Crippen LogP contribution in [0.15, 0.2) is 35.2 Å². The van der Waals surface area contributed by atoms with Crippen LogP contribution < -0.4 is 16.2 Å². The smallest absolute Gasteiger partial charge is 0.120 e. The molecule has 0 amide bonds. The lowest BCUT2D eigenvalue weighted by atomic mass is 10.3. The number of ether oxygens (including phenoxy) is 1. The summed E-state index contributed by atoms with van der Waals surface area (Å²) in [6.07, 6.45) is 3.97. The van der Waals surface area contributed by atoms with Gasteiger partial charge in [0.25, 0.3) is 0 Å². The average molecular weight is 224 g/mol. The van der Waals surface area contributed by atoms with Gasteiger partial charge in [0.2, 0.25) is 0 Å². The van der Waals surface area contributed by atoms with E-state index in [1.54, 1.807) is 18.9 Å². The first-order chi connectivity index (χ1) is 7.27. The molecule has 0 saturated carbocycles. The maximum Gasteiger partial charge on any atom is 0.120 e. The summed E-state index contributed by atoms with van der Waals surface area (Å²) in [5, 5.41) is 0. The minimum Gasteiger partial charge on any atom is -0.497 e. The monoisotopic (exact) mass is 224 g/mol. The number of hydrogen-bond acceptors (Lipinski definition) is 4. The Morgan fingerprint density at radius 3 is 2.87 bits per heavy atom. The number of thioether (sulfide) groups is 1. The Kier molecular flexibility index (Phi) is 5.07. The second kappa shape index (κ2) is 6.37. The molecule has 0 aliphatic heterocycles. The van der Waals surface area contributed by atoms with E-state index in [9.17, 15) is 0 Å². The quantitative estimate of drug-likeness (QED) is 0.455. The van der Waals surface area contributed by atoms with Gasteiger partial charge in [-0.05, 0) is 18.2 Å². The predicted molar refractivity (Wildman–Crippen MR) is 66.3 cm³/mol. The fourth-order valence-corrected chi connectivity index (χ4v) is 1.91. The van der Waals surface area contributed by atoms with Crippen LogP contribution in [0.1, 0.15) is 0 Å². The van der Waals surface area contributed by atoms with Crippen molar-refractivity contribution < 1.29 is 4.74 Å². The Labute approximate surface area is 94.5 Å². The van der Waals surface area contributed by atoms with Crippen LogP contribution in [0, 0.1) is 0 Å². The van der Waals surface area contributed by atoms with Gasteiger partial charge in [-0.15, -0.1) is 11.8 Å². The first-order valence-corrected chi connectivity index (χ1v) is 5.68. The highest BCUT2D eigenvalue weighted by Crippen LogP contribution is 2.28. The highest BCUT2D eigenvalue weighted by Gasteiger charge is 2.00. The number of nitrogens with two attached hydrogens (primary N) is 2. The van der Waals surface area contributed by atoms with Gasteiger partial charge in [0, 0.05) is 22.9 Å². The molecule has 0 aliphatic carbocycles. The molecule has 0 heterocycles. The molecule has 0 fully saturated rings. The Morgan fingerprint density at radius 1 is 1.40 bits per heavy atom. The van der Waals surface area contributed by atoms with Crippen LogP contribution in [0.4, 0.5) is 5.69 Å². The highest BCUT2D eigenvalue weighted by atomic mass is 32.2. The standard InChI is InChI=1S/C11H16N2OS/c1-14-9-4-5-10(13)11(8-9)15-7-3-2-6-12/h2-5,8H,6-7,12-13H2,1H3. The third-order valence-electron chi connectivity index (χ3n) is 1.86. The second-order valence-corrected chi connectivity index (χ2v) is 3.98. The maximum atomic E-state index is 5.83. The number of rotatable bonds is 5. The lowest BCUT2D eigenvalue weighted by Crippen LogP contribution is -1.93. The molecule has 82 valence electrons. The summed E-state index contributed by atoms with van der Waals surface area (Å²) >= 11 is 1.67. The van der Waals surface area contributed by atoms with E-state index < -0.39 is 0 Å². The minimum absolute atomic E-state index is 0.578. The second-order valence-electron chi connectivity index (χ2n) is 2.92. The van der Waals surface area contributed by atoms with Crippen LogP contribution >= 0.6 is 11.8 Å². The molecule has 0 aliphatic rings. The summed E-state index contributed by atoms with van der Waals surface area (Å²) in [7, 11) is 1.65. The van der Waals surface area contributed by atoms with Gasteiger partial charge in [0.1, 0.15) is 5.75 Å². The highest BCUT2D eigenvalue weighted by molar-refractivity contribution is 7.99. The lowest BCUT2D eigenvalue weighted by Gasteiger charge is -2.06. The van der Waals surface area contributed by atoms with Crippen molar-refractivity contribution in [3.63, 3.8) is 0 Å². The van der Waals surface area contributed by atoms with Gasteiger partial charge in [-0.25, -0.2) is 0 Å². The molecule has 4 heteroatoms. The van der Waals surface area contributed by atoms with Gasteiger partial charge in [-0.1, -0.05) is 12.2 Å². The van der Waals surface area contributed by atoms with Crippen LogP contribution in [-0.2, 0) is 0 Å². The van der Waals surface area contributed by atoms with E-state index in [0.29, 0.717) is 6.54 Å². The molecule has 0 atom stereocenters. The molecular weight excluding hydrogens is 208 g/mol. The molecule has 1 aromatic rings. The Morgan fingerprint density at radius 2 is 2.20 bits per heavy atom. The molecule has 0 unspecified atom stereocenters. The first kappa shape index (κ1) is 11.9. The van der Waals surface area contributed by atoms with Crippen LogP contribution in [0.2, 0.25) is 0 Å². The van der Waals surface area contributed by atoms with Crippen LogP contribution in [0.5, 0.6) is 5.75 Å². The summed E-state index contributed by atoms with van der Waals surface area (Å²) < 4.78 is 5.13. The average Bonchev–Trinajstić information content (AvgIpc) is 2.26. The molecule has 4 N–H and O–H groups in total. The molecule has 0 bridgehead atoms. The SMILES string of the molecule is COc1ccc(N)c(SCC=CCN)c1. The third-order valence-corrected chi connectivity index (χ3v) is 2.88. The van der Waals surface area contributed by atoms with Gasteiger partial charge in [-0.3, -0.25) is 0 Å². The van der Waals surface area contributed by atoms with Crippen molar-refractivity contribution in [2.45, 2.75) is 4.90 Å². The topological polar surface area (TPSA) is 61.3 Å². The number of anilines is 1. The van der Waals surface area contributed by atoms with E-state index in [1.807, 2.05) is 30.4 Å². The van der Waals surface area contributed by atoms with Gasteiger partial charge in [-0.2, -0.15) is 0 Å². The summed E-state index contributed by atoms with van der Waals surface area (Å²) in [6, 6.07) is 5.65. The molecule has 3 nitrogen and oxygen atoms in total. The Bertz CT molecular complexity index is 339. The third kappa shape index (κ3) is 3.85. The molecule has 1 aromatic carbocycles. The van der Waals surface area contributed by atoms with Gasteiger partial charge >= 0.3 is 0 Å². The van der Waals surface area contributed by atoms with E-state index in [0.717, 1.165) is 22.1 Å². The first-order valence-electron chi connectivity index (χ1n) is 4.69. The number of benzene rings is 1. The van der Waals surface area contributed by atoms with Crippen molar-refractivity contribution in [2.75, 3.05) is 25.1 Å². The van der Waals surface area contributed by atoms with E-state index >= 15 is 0 Å². The van der Waals surface area contributed by atoms with Crippen LogP contribution in [0.3, 0.4) is 0 Å². The molecule has 0 aromatic heterocycles. The fraction of sp³-hybridized carbons (Fsp3) is 0.273. The summed E-state index contributed by atoms with van der Waals surface area (Å²) in [5.74, 6) is 1.70. The number of hydrogen-bond donors (Lipinski definition) is 2.